The SMILES string of the molecule is CCCC(=O)N(CC(=O)N(CCc1c[nH]c2ccccc12)Cc1ccccc1OC)C1CC1. The molecule has 0 saturated heterocycles. The van der Waals surface area contributed by atoms with Crippen LogP contribution in [-0.4, -0.2) is 52.8 Å². The fourth-order valence-electron chi connectivity index (χ4n) is 4.34. The van der Waals surface area contributed by atoms with E-state index in [0.29, 0.717) is 19.5 Å². The second-order valence-corrected chi connectivity index (χ2v) is 8.74. The number of para-hydroxylation sites is 2. The third-order valence-corrected chi connectivity index (χ3v) is 6.31. The van der Waals surface area contributed by atoms with Gasteiger partial charge in [0.05, 0.1) is 7.11 Å². The number of nitrogens with zero attached hydrogens (tertiary/aromatic N) is 2. The van der Waals surface area contributed by atoms with Gasteiger partial charge < -0.3 is 19.5 Å². The molecule has 1 aromatic heterocycles. The molecule has 4 rings (SSSR count). The topological polar surface area (TPSA) is 65.6 Å². The molecule has 0 atom stereocenters. The number of hydrogen-bond acceptors (Lipinski definition) is 3. The van der Waals surface area contributed by atoms with Crippen LogP contribution in [-0.2, 0) is 22.6 Å². The lowest BCUT2D eigenvalue weighted by molar-refractivity contribution is -0.141. The Balaban J connectivity index is 1.53. The minimum absolute atomic E-state index is 0.0166. The molecule has 0 unspecified atom stereocenters. The van der Waals surface area contributed by atoms with Crippen molar-refractivity contribution in [2.45, 2.75) is 51.6 Å². The van der Waals surface area contributed by atoms with Crippen LogP contribution >= 0.6 is 0 Å². The Kier molecular flexibility index (Phi) is 7.33. The third kappa shape index (κ3) is 5.56. The molecule has 1 aliphatic carbocycles. The van der Waals surface area contributed by atoms with Crippen molar-refractivity contribution < 1.29 is 14.3 Å². The monoisotopic (exact) mass is 447 g/mol. The molecule has 6 nitrogen and oxygen atoms in total. The summed E-state index contributed by atoms with van der Waals surface area (Å²) in [5, 5.41) is 1.18. The first-order valence-corrected chi connectivity index (χ1v) is 11.8. The molecule has 1 N–H and O–H groups in total. The second kappa shape index (κ2) is 10.6. The van der Waals surface area contributed by atoms with Gasteiger partial charge in [0.2, 0.25) is 11.8 Å². The lowest BCUT2D eigenvalue weighted by Crippen LogP contribution is -2.44. The van der Waals surface area contributed by atoms with E-state index in [0.717, 1.165) is 42.5 Å². The van der Waals surface area contributed by atoms with Crippen molar-refractivity contribution in [2.24, 2.45) is 0 Å². The first-order chi connectivity index (χ1) is 16.1. The van der Waals surface area contributed by atoms with E-state index in [-0.39, 0.29) is 24.4 Å². The Morgan fingerprint density at radius 2 is 1.79 bits per heavy atom. The van der Waals surface area contributed by atoms with Gasteiger partial charge in [-0.25, -0.2) is 0 Å². The van der Waals surface area contributed by atoms with E-state index >= 15 is 0 Å². The van der Waals surface area contributed by atoms with Crippen molar-refractivity contribution >= 4 is 22.7 Å². The normalized spacial score (nSPS) is 13.2. The lowest BCUT2D eigenvalue weighted by atomic mass is 10.1. The number of carbonyl (C=O) groups is 2. The predicted octanol–water partition coefficient (Wildman–Crippen LogP) is 4.54. The number of nitrogens with one attached hydrogen (secondary N) is 1. The van der Waals surface area contributed by atoms with Crippen LogP contribution in [0.3, 0.4) is 0 Å². The number of rotatable bonds is 11. The van der Waals surface area contributed by atoms with Gasteiger partial charge in [0.25, 0.3) is 0 Å². The van der Waals surface area contributed by atoms with Gasteiger partial charge >= 0.3 is 0 Å². The van der Waals surface area contributed by atoms with E-state index in [4.69, 9.17) is 4.74 Å². The van der Waals surface area contributed by atoms with Crippen molar-refractivity contribution in [3.63, 3.8) is 0 Å². The molecule has 1 saturated carbocycles. The lowest BCUT2D eigenvalue weighted by Gasteiger charge is -2.28. The Bertz CT molecular complexity index is 1100. The highest BCUT2D eigenvalue weighted by Crippen LogP contribution is 2.28. The number of H-pyrrole nitrogens is 1. The summed E-state index contributed by atoms with van der Waals surface area (Å²) in [5.74, 6) is 0.836. The van der Waals surface area contributed by atoms with E-state index in [1.165, 1.54) is 10.9 Å². The zero-order valence-electron chi connectivity index (χ0n) is 19.5. The van der Waals surface area contributed by atoms with Crippen molar-refractivity contribution in [1.82, 2.24) is 14.8 Å². The number of methoxy groups -OCH3 is 1. The molecule has 33 heavy (non-hydrogen) atoms. The smallest absolute Gasteiger partial charge is 0.242 e. The molecule has 0 aliphatic heterocycles. The van der Waals surface area contributed by atoms with Crippen LogP contribution < -0.4 is 4.74 Å². The number of fused-ring (bicyclic) bond motifs is 1. The summed E-state index contributed by atoms with van der Waals surface area (Å²) in [4.78, 5) is 33.2. The number of carbonyl (C=O) groups excluding carboxylic acids is 2. The zero-order valence-corrected chi connectivity index (χ0v) is 19.5. The van der Waals surface area contributed by atoms with E-state index < -0.39 is 0 Å². The summed E-state index contributed by atoms with van der Waals surface area (Å²) in [5.41, 5.74) is 3.25. The molecular weight excluding hydrogens is 414 g/mol. The van der Waals surface area contributed by atoms with E-state index in [9.17, 15) is 9.59 Å². The minimum Gasteiger partial charge on any atom is -0.496 e. The van der Waals surface area contributed by atoms with Crippen LogP contribution in [0.1, 0.15) is 43.7 Å². The van der Waals surface area contributed by atoms with Crippen LogP contribution in [0.2, 0.25) is 0 Å². The molecule has 6 heteroatoms. The molecule has 3 aromatic rings. The maximum atomic E-state index is 13.5. The summed E-state index contributed by atoms with van der Waals surface area (Å²) in [6, 6.07) is 16.2. The first kappa shape index (κ1) is 22.9. The molecule has 0 spiro atoms. The number of hydrogen-bond donors (Lipinski definition) is 1. The average molecular weight is 448 g/mol. The van der Waals surface area contributed by atoms with Gasteiger partial charge in [-0.15, -0.1) is 0 Å². The van der Waals surface area contributed by atoms with Gasteiger partial charge in [0.1, 0.15) is 12.3 Å². The molecule has 1 fully saturated rings. The zero-order chi connectivity index (χ0) is 23.2. The summed E-state index contributed by atoms with van der Waals surface area (Å²) < 4.78 is 5.53. The summed E-state index contributed by atoms with van der Waals surface area (Å²) in [6.45, 7) is 3.16. The van der Waals surface area contributed by atoms with Gasteiger partial charge in [0, 0.05) is 48.2 Å². The van der Waals surface area contributed by atoms with E-state index in [1.54, 1.807) is 12.0 Å². The highest BCUT2D eigenvalue weighted by molar-refractivity contribution is 5.86. The molecule has 1 aliphatic rings. The number of aromatic nitrogens is 1. The maximum absolute atomic E-state index is 13.5. The standard InChI is InChI=1S/C27H33N3O3/c1-3-8-26(31)30(22-13-14-22)19-27(32)29(18-21-9-4-7-12-25(21)33-2)16-15-20-17-28-24-11-6-5-10-23(20)24/h4-7,9-12,17,22,28H,3,8,13-16,18-19H2,1-2H3. The molecule has 174 valence electrons. The summed E-state index contributed by atoms with van der Waals surface area (Å²) >= 11 is 0. The maximum Gasteiger partial charge on any atom is 0.242 e. The van der Waals surface area contributed by atoms with Crippen LogP contribution in [0, 0.1) is 0 Å². The molecule has 0 radical (unpaired) electrons. The van der Waals surface area contributed by atoms with Crippen LogP contribution in [0.4, 0.5) is 0 Å². The van der Waals surface area contributed by atoms with E-state index in [2.05, 4.69) is 17.1 Å². The summed E-state index contributed by atoms with van der Waals surface area (Å²) in [7, 11) is 1.65. The fourth-order valence-corrected chi connectivity index (χ4v) is 4.34. The molecule has 1 heterocycles. The van der Waals surface area contributed by atoms with Crippen LogP contribution in [0.15, 0.2) is 54.7 Å². The first-order valence-electron chi connectivity index (χ1n) is 11.8. The average Bonchev–Trinajstić information content (AvgIpc) is 3.60. The minimum atomic E-state index is -0.0166. The predicted molar refractivity (Wildman–Crippen MR) is 130 cm³/mol. The van der Waals surface area contributed by atoms with Gasteiger partial charge in [-0.2, -0.15) is 0 Å². The highest BCUT2D eigenvalue weighted by Gasteiger charge is 2.34. The Morgan fingerprint density at radius 3 is 2.55 bits per heavy atom. The van der Waals surface area contributed by atoms with Crippen molar-refractivity contribution in [3.8, 4) is 5.75 Å². The number of benzene rings is 2. The van der Waals surface area contributed by atoms with Crippen LogP contribution in [0.25, 0.3) is 10.9 Å². The molecule has 2 aromatic carbocycles. The largest absolute Gasteiger partial charge is 0.496 e. The number of ether oxygens (including phenoxy) is 1. The Morgan fingerprint density at radius 1 is 1.03 bits per heavy atom. The van der Waals surface area contributed by atoms with Gasteiger partial charge in [-0.1, -0.05) is 43.3 Å². The summed E-state index contributed by atoms with van der Waals surface area (Å²) in [6.07, 6.45) is 6.03. The highest BCUT2D eigenvalue weighted by atomic mass is 16.5. The second-order valence-electron chi connectivity index (χ2n) is 8.74. The molecule has 0 bridgehead atoms. The van der Waals surface area contributed by atoms with Crippen molar-refractivity contribution in [3.05, 3.63) is 65.9 Å². The van der Waals surface area contributed by atoms with Crippen molar-refractivity contribution in [2.75, 3.05) is 20.2 Å². The van der Waals surface area contributed by atoms with Gasteiger partial charge in [-0.3, -0.25) is 9.59 Å². The molecular formula is C27H33N3O3. The Hall–Kier alpha value is -3.28. The number of aromatic amines is 1. The van der Waals surface area contributed by atoms with Crippen molar-refractivity contribution in [1.29, 1.82) is 0 Å². The number of amides is 2. The molecule has 2 amide bonds. The van der Waals surface area contributed by atoms with Gasteiger partial charge in [0.15, 0.2) is 0 Å². The van der Waals surface area contributed by atoms with Crippen LogP contribution in [0.5, 0.6) is 5.75 Å². The van der Waals surface area contributed by atoms with Gasteiger partial charge in [-0.05, 0) is 43.4 Å². The fraction of sp³-hybridized carbons (Fsp3) is 0.407. The Labute approximate surface area is 195 Å². The van der Waals surface area contributed by atoms with E-state index in [1.807, 2.05) is 54.4 Å². The third-order valence-electron chi connectivity index (χ3n) is 6.31. The quantitative estimate of drug-likeness (QED) is 0.469.